The average molecular weight is 183 g/mol. The summed E-state index contributed by atoms with van der Waals surface area (Å²) < 4.78 is 0. The van der Waals surface area contributed by atoms with Gasteiger partial charge < -0.3 is 0 Å². The molecule has 1 aliphatic rings. The molecule has 3 unspecified atom stereocenters. The van der Waals surface area contributed by atoms with Crippen molar-refractivity contribution in [2.24, 2.45) is 28.3 Å². The molecule has 0 aromatic rings. The summed E-state index contributed by atoms with van der Waals surface area (Å²) in [6.45, 7) is 9.51. The summed E-state index contributed by atoms with van der Waals surface area (Å²) in [5.74, 6) is 2.23. The molecular weight excluding hydrogens is 162 g/mol. The molecule has 0 amide bonds. The van der Waals surface area contributed by atoms with E-state index in [0.717, 1.165) is 11.8 Å². The maximum atomic E-state index is 10.3. The van der Waals surface area contributed by atoms with Crippen LogP contribution < -0.4 is 0 Å². The van der Waals surface area contributed by atoms with Gasteiger partial charge in [0.15, 0.2) is 0 Å². The van der Waals surface area contributed by atoms with Crippen molar-refractivity contribution in [1.82, 2.24) is 0 Å². The molecular formula is C11H21NO. The number of rotatable bonds is 4. The van der Waals surface area contributed by atoms with Crippen molar-refractivity contribution >= 4 is 0 Å². The van der Waals surface area contributed by atoms with E-state index in [4.69, 9.17) is 0 Å². The van der Waals surface area contributed by atoms with Crippen LogP contribution in [-0.2, 0) is 0 Å². The highest BCUT2D eigenvalue weighted by molar-refractivity contribution is 4.98. The highest BCUT2D eigenvalue weighted by Gasteiger charge is 2.48. The van der Waals surface area contributed by atoms with Crippen molar-refractivity contribution < 1.29 is 0 Å². The van der Waals surface area contributed by atoms with Gasteiger partial charge in [0.25, 0.3) is 0 Å². The van der Waals surface area contributed by atoms with Crippen molar-refractivity contribution in [2.45, 2.75) is 40.5 Å². The van der Waals surface area contributed by atoms with E-state index in [9.17, 15) is 4.91 Å². The minimum atomic E-state index is 0.214. The monoisotopic (exact) mass is 183 g/mol. The van der Waals surface area contributed by atoms with Crippen molar-refractivity contribution in [3.63, 3.8) is 0 Å². The Labute approximate surface area is 81.1 Å². The highest BCUT2D eigenvalue weighted by Crippen LogP contribution is 2.53. The fraction of sp³-hybridized carbons (Fsp3) is 1.00. The predicted molar refractivity (Wildman–Crippen MR) is 55.5 cm³/mol. The molecule has 2 heteroatoms. The predicted octanol–water partition coefficient (Wildman–Crippen LogP) is 3.46. The van der Waals surface area contributed by atoms with E-state index >= 15 is 0 Å². The van der Waals surface area contributed by atoms with Crippen LogP contribution in [0.4, 0.5) is 0 Å². The molecule has 1 fully saturated rings. The van der Waals surface area contributed by atoms with E-state index in [-0.39, 0.29) is 5.41 Å². The molecule has 0 heterocycles. The fourth-order valence-electron chi connectivity index (χ4n) is 2.91. The molecule has 0 N–H and O–H groups in total. The van der Waals surface area contributed by atoms with Gasteiger partial charge in [0.05, 0.1) is 6.54 Å². The van der Waals surface area contributed by atoms with E-state index in [0.29, 0.717) is 12.5 Å². The molecule has 0 saturated heterocycles. The second-order valence-electron chi connectivity index (χ2n) is 5.36. The lowest BCUT2D eigenvalue weighted by atomic mass is 9.53. The lowest BCUT2D eigenvalue weighted by Crippen LogP contribution is -2.47. The fourth-order valence-corrected chi connectivity index (χ4v) is 2.91. The maximum absolute atomic E-state index is 10.3. The summed E-state index contributed by atoms with van der Waals surface area (Å²) in [6, 6.07) is 0. The number of nitrogens with zero attached hydrogens (tertiary/aromatic N) is 1. The van der Waals surface area contributed by atoms with Crippen LogP contribution in [0.5, 0.6) is 0 Å². The third-order valence-corrected chi connectivity index (χ3v) is 3.52. The summed E-state index contributed by atoms with van der Waals surface area (Å²) in [4.78, 5) is 10.3. The Morgan fingerprint density at radius 2 is 2.15 bits per heavy atom. The van der Waals surface area contributed by atoms with E-state index in [1.807, 2.05) is 0 Å². The topological polar surface area (TPSA) is 29.4 Å². The van der Waals surface area contributed by atoms with Crippen LogP contribution >= 0.6 is 0 Å². The van der Waals surface area contributed by atoms with Crippen LogP contribution in [0, 0.1) is 28.1 Å². The number of hydrogen-bond donors (Lipinski definition) is 0. The molecule has 0 radical (unpaired) electrons. The van der Waals surface area contributed by atoms with Crippen LogP contribution in [0.25, 0.3) is 0 Å². The molecule has 1 saturated carbocycles. The Morgan fingerprint density at radius 1 is 1.54 bits per heavy atom. The van der Waals surface area contributed by atoms with Gasteiger partial charge in [-0.1, -0.05) is 32.9 Å². The Balaban J connectivity index is 2.53. The standard InChI is InChI=1S/C11H21NO/c1-8(2)5-10-9(3)6-11(10,4)7-12-13/h8-10H,5-7H2,1-4H3. The molecule has 1 aliphatic carbocycles. The van der Waals surface area contributed by atoms with Crippen molar-refractivity contribution in [3.05, 3.63) is 4.91 Å². The van der Waals surface area contributed by atoms with Gasteiger partial charge >= 0.3 is 0 Å². The van der Waals surface area contributed by atoms with E-state index in [1.54, 1.807) is 0 Å². The van der Waals surface area contributed by atoms with E-state index in [1.165, 1.54) is 12.8 Å². The molecule has 13 heavy (non-hydrogen) atoms. The lowest BCUT2D eigenvalue weighted by Gasteiger charge is -2.52. The Kier molecular flexibility index (Phi) is 3.09. The molecule has 0 aromatic heterocycles. The normalized spacial score (nSPS) is 38.8. The Morgan fingerprint density at radius 3 is 2.54 bits per heavy atom. The van der Waals surface area contributed by atoms with Crippen LogP contribution in [0.2, 0.25) is 0 Å². The smallest absolute Gasteiger partial charge is 0.0867 e. The van der Waals surface area contributed by atoms with Crippen LogP contribution in [-0.4, -0.2) is 6.54 Å². The molecule has 2 nitrogen and oxygen atoms in total. The molecule has 0 spiro atoms. The number of hydrogen-bond acceptors (Lipinski definition) is 2. The minimum Gasteiger partial charge on any atom is -0.151 e. The summed E-state index contributed by atoms with van der Waals surface area (Å²) in [5, 5.41) is 3.07. The summed E-state index contributed by atoms with van der Waals surface area (Å²) in [5.41, 5.74) is 0.214. The van der Waals surface area contributed by atoms with Gasteiger partial charge in [0.1, 0.15) is 0 Å². The zero-order valence-electron chi connectivity index (χ0n) is 9.21. The zero-order chi connectivity index (χ0) is 10.1. The van der Waals surface area contributed by atoms with Crippen LogP contribution in [0.1, 0.15) is 40.5 Å². The minimum absolute atomic E-state index is 0.214. The number of nitroso groups, excluding NO2 is 1. The van der Waals surface area contributed by atoms with Gasteiger partial charge in [0.2, 0.25) is 0 Å². The second kappa shape index (κ2) is 3.77. The first-order valence-corrected chi connectivity index (χ1v) is 5.28. The van der Waals surface area contributed by atoms with E-state index < -0.39 is 0 Å². The van der Waals surface area contributed by atoms with Gasteiger partial charge in [-0.25, -0.2) is 0 Å². The summed E-state index contributed by atoms with van der Waals surface area (Å²) in [7, 11) is 0. The van der Waals surface area contributed by atoms with Crippen molar-refractivity contribution in [1.29, 1.82) is 0 Å². The van der Waals surface area contributed by atoms with Gasteiger partial charge in [-0.3, -0.25) is 0 Å². The van der Waals surface area contributed by atoms with Gasteiger partial charge in [-0.2, -0.15) is 4.91 Å². The third-order valence-electron chi connectivity index (χ3n) is 3.52. The largest absolute Gasteiger partial charge is 0.151 e. The molecule has 1 rings (SSSR count). The SMILES string of the molecule is CC(C)CC1C(C)CC1(C)CN=O. The Hall–Kier alpha value is -0.400. The van der Waals surface area contributed by atoms with Gasteiger partial charge in [-0.15, -0.1) is 0 Å². The first-order chi connectivity index (χ1) is 5.99. The van der Waals surface area contributed by atoms with E-state index in [2.05, 4.69) is 32.9 Å². The quantitative estimate of drug-likeness (QED) is 0.614. The first kappa shape index (κ1) is 10.7. The highest BCUT2D eigenvalue weighted by atomic mass is 16.3. The first-order valence-electron chi connectivity index (χ1n) is 5.28. The third kappa shape index (κ3) is 2.09. The second-order valence-corrected chi connectivity index (χ2v) is 5.36. The summed E-state index contributed by atoms with van der Waals surface area (Å²) >= 11 is 0. The molecule has 0 aliphatic heterocycles. The van der Waals surface area contributed by atoms with Gasteiger partial charge in [0, 0.05) is 0 Å². The van der Waals surface area contributed by atoms with Crippen molar-refractivity contribution in [2.75, 3.05) is 6.54 Å². The maximum Gasteiger partial charge on any atom is 0.0867 e. The zero-order valence-corrected chi connectivity index (χ0v) is 9.21. The van der Waals surface area contributed by atoms with Crippen molar-refractivity contribution in [3.8, 4) is 0 Å². The molecule has 3 atom stereocenters. The van der Waals surface area contributed by atoms with Gasteiger partial charge in [-0.05, 0) is 36.0 Å². The Bertz CT molecular complexity index is 191. The molecule has 0 aromatic carbocycles. The molecule has 0 bridgehead atoms. The molecule has 76 valence electrons. The average Bonchev–Trinajstić information content (AvgIpc) is 2.01. The summed E-state index contributed by atoms with van der Waals surface area (Å²) in [6.07, 6.45) is 2.42. The van der Waals surface area contributed by atoms with Crippen LogP contribution in [0.15, 0.2) is 5.18 Å². The lowest BCUT2D eigenvalue weighted by molar-refractivity contribution is -0.0226. The van der Waals surface area contributed by atoms with Crippen LogP contribution in [0.3, 0.4) is 0 Å².